The normalized spacial score (nSPS) is 13.3. The molecule has 0 amide bonds. The number of hydrogen-bond acceptors (Lipinski definition) is 4. The molecular weight excluding hydrogens is 328 g/mol. The Hall–Kier alpha value is -0.870. The molecule has 26 heavy (non-hydrogen) atoms. The third-order valence-electron chi connectivity index (χ3n) is 5.06. The van der Waals surface area contributed by atoms with E-state index in [1.165, 1.54) is 44.6 Å². The van der Waals surface area contributed by atoms with Crippen LogP contribution in [0, 0.1) is 5.92 Å². The lowest BCUT2D eigenvalue weighted by atomic mass is 9.85. The van der Waals surface area contributed by atoms with E-state index in [0.29, 0.717) is 12.5 Å². The fourth-order valence-electron chi connectivity index (χ4n) is 3.62. The Balaban J connectivity index is 4.58. The lowest BCUT2D eigenvalue weighted by molar-refractivity contribution is -0.247. The van der Waals surface area contributed by atoms with Crippen molar-refractivity contribution < 1.29 is 19.0 Å². The van der Waals surface area contributed by atoms with Gasteiger partial charge in [-0.05, 0) is 26.2 Å². The lowest BCUT2D eigenvalue weighted by Crippen LogP contribution is -2.42. The number of unbranched alkanes of at least 4 members (excludes halogenated alkanes) is 5. The monoisotopic (exact) mass is 370 g/mol. The smallest absolute Gasteiger partial charge is 0.330 e. The van der Waals surface area contributed by atoms with Crippen molar-refractivity contribution in [3.63, 3.8) is 0 Å². The van der Waals surface area contributed by atoms with Gasteiger partial charge in [0.15, 0.2) is 5.79 Å². The molecule has 0 radical (unpaired) electrons. The van der Waals surface area contributed by atoms with E-state index >= 15 is 0 Å². The van der Waals surface area contributed by atoms with Crippen LogP contribution >= 0.6 is 0 Å². The Morgan fingerprint density at radius 1 is 0.923 bits per heavy atom. The molecule has 1 unspecified atom stereocenters. The highest BCUT2D eigenvalue weighted by molar-refractivity contribution is 5.81. The van der Waals surface area contributed by atoms with E-state index < -0.39 is 5.79 Å². The van der Waals surface area contributed by atoms with Crippen LogP contribution in [-0.2, 0) is 19.0 Å². The SMILES string of the molecule is CC=CC(=O)OCCCC(CCCCCCCC)C(CCC)(OC)OC. The number of carbonyl (C=O) groups is 1. The van der Waals surface area contributed by atoms with Crippen LogP contribution in [0.5, 0.6) is 0 Å². The Morgan fingerprint density at radius 2 is 1.54 bits per heavy atom. The highest BCUT2D eigenvalue weighted by Gasteiger charge is 2.37. The molecule has 0 aromatic heterocycles. The summed E-state index contributed by atoms with van der Waals surface area (Å²) in [5.74, 6) is -0.465. The minimum absolute atomic E-state index is 0.265. The molecule has 154 valence electrons. The first-order valence-electron chi connectivity index (χ1n) is 10.5. The summed E-state index contributed by atoms with van der Waals surface area (Å²) in [4.78, 5) is 11.4. The van der Waals surface area contributed by atoms with Gasteiger partial charge in [-0.1, -0.05) is 64.9 Å². The first-order chi connectivity index (χ1) is 12.6. The van der Waals surface area contributed by atoms with Crippen LogP contribution in [0.15, 0.2) is 12.2 Å². The fourth-order valence-corrected chi connectivity index (χ4v) is 3.62. The zero-order chi connectivity index (χ0) is 19.7. The second-order valence-corrected chi connectivity index (χ2v) is 7.03. The molecule has 4 nitrogen and oxygen atoms in total. The Labute approximate surface area is 161 Å². The molecular formula is C22H42O4. The van der Waals surface area contributed by atoms with Crippen molar-refractivity contribution in [2.45, 2.75) is 97.2 Å². The fraction of sp³-hybridized carbons (Fsp3) is 0.864. The van der Waals surface area contributed by atoms with Crippen LogP contribution < -0.4 is 0 Å². The van der Waals surface area contributed by atoms with Gasteiger partial charge in [0.1, 0.15) is 0 Å². The average molecular weight is 371 g/mol. The van der Waals surface area contributed by atoms with Gasteiger partial charge >= 0.3 is 5.97 Å². The molecule has 0 saturated heterocycles. The first-order valence-corrected chi connectivity index (χ1v) is 10.5. The van der Waals surface area contributed by atoms with Crippen LogP contribution in [-0.4, -0.2) is 32.6 Å². The van der Waals surface area contributed by atoms with E-state index in [1.807, 2.05) is 6.92 Å². The second kappa shape index (κ2) is 16.3. The standard InChI is InChI=1S/C22H42O4/c1-6-9-10-11-12-13-16-20(22(24-4,25-5)18-8-3)17-14-19-26-21(23)15-7-2/h7,15,20H,6,8-14,16-19H2,1-5H3. The molecule has 0 rings (SSSR count). The minimum Gasteiger partial charge on any atom is -0.463 e. The van der Waals surface area contributed by atoms with E-state index in [-0.39, 0.29) is 5.97 Å². The first kappa shape index (κ1) is 25.1. The van der Waals surface area contributed by atoms with Crippen LogP contribution in [0.25, 0.3) is 0 Å². The quantitative estimate of drug-likeness (QED) is 0.135. The van der Waals surface area contributed by atoms with Gasteiger partial charge in [0.25, 0.3) is 0 Å². The number of carbonyl (C=O) groups excluding carboxylic acids is 1. The van der Waals surface area contributed by atoms with E-state index in [9.17, 15) is 4.79 Å². The van der Waals surface area contributed by atoms with E-state index in [1.54, 1.807) is 20.3 Å². The molecule has 0 saturated carbocycles. The zero-order valence-electron chi connectivity index (χ0n) is 17.9. The van der Waals surface area contributed by atoms with E-state index in [4.69, 9.17) is 14.2 Å². The highest BCUT2D eigenvalue weighted by atomic mass is 16.7. The number of rotatable bonds is 17. The Bertz CT molecular complexity index is 361. The Kier molecular flexibility index (Phi) is 15.8. The third kappa shape index (κ3) is 10.3. The van der Waals surface area contributed by atoms with Gasteiger partial charge in [-0.15, -0.1) is 0 Å². The zero-order valence-corrected chi connectivity index (χ0v) is 17.9. The summed E-state index contributed by atoms with van der Waals surface area (Å²) in [7, 11) is 3.50. The number of methoxy groups -OCH3 is 2. The van der Waals surface area contributed by atoms with E-state index in [0.717, 1.165) is 32.1 Å². The summed E-state index contributed by atoms with van der Waals surface area (Å²) >= 11 is 0. The maximum atomic E-state index is 11.4. The van der Waals surface area contributed by atoms with Gasteiger partial charge in [-0.2, -0.15) is 0 Å². The van der Waals surface area contributed by atoms with E-state index in [2.05, 4.69) is 13.8 Å². The number of hydrogen-bond donors (Lipinski definition) is 0. The molecule has 0 bridgehead atoms. The molecule has 0 aliphatic heterocycles. The van der Waals surface area contributed by atoms with Crippen LogP contribution in [0.1, 0.15) is 91.4 Å². The maximum Gasteiger partial charge on any atom is 0.330 e. The molecule has 0 spiro atoms. The molecule has 0 aromatic rings. The van der Waals surface area contributed by atoms with Crippen LogP contribution in [0.2, 0.25) is 0 Å². The van der Waals surface area contributed by atoms with Gasteiger partial charge in [0.05, 0.1) is 6.61 Å². The second-order valence-electron chi connectivity index (χ2n) is 7.03. The van der Waals surface area contributed by atoms with Gasteiger partial charge in [-0.25, -0.2) is 4.79 Å². The summed E-state index contributed by atoms with van der Waals surface area (Å²) < 4.78 is 17.0. The van der Waals surface area contributed by atoms with Gasteiger partial charge in [-0.3, -0.25) is 0 Å². The molecule has 0 aliphatic rings. The van der Waals surface area contributed by atoms with Crippen molar-refractivity contribution in [3.8, 4) is 0 Å². The van der Waals surface area contributed by atoms with Crippen molar-refractivity contribution >= 4 is 5.97 Å². The van der Waals surface area contributed by atoms with Crippen molar-refractivity contribution in [1.82, 2.24) is 0 Å². The van der Waals surface area contributed by atoms with Crippen molar-refractivity contribution in [1.29, 1.82) is 0 Å². The lowest BCUT2D eigenvalue weighted by Gasteiger charge is -2.38. The molecule has 0 aromatic carbocycles. The van der Waals surface area contributed by atoms with Gasteiger partial charge < -0.3 is 14.2 Å². The maximum absolute atomic E-state index is 11.4. The molecule has 0 heterocycles. The number of esters is 1. The van der Waals surface area contributed by atoms with Gasteiger partial charge in [0, 0.05) is 32.6 Å². The average Bonchev–Trinajstić information content (AvgIpc) is 2.64. The predicted molar refractivity (Wildman–Crippen MR) is 108 cm³/mol. The summed E-state index contributed by atoms with van der Waals surface area (Å²) in [5, 5.41) is 0. The van der Waals surface area contributed by atoms with Crippen LogP contribution in [0.3, 0.4) is 0 Å². The summed E-state index contributed by atoms with van der Waals surface area (Å²) in [6, 6.07) is 0. The summed E-state index contributed by atoms with van der Waals surface area (Å²) in [6.45, 7) is 6.67. The highest BCUT2D eigenvalue weighted by Crippen LogP contribution is 2.35. The van der Waals surface area contributed by atoms with Crippen molar-refractivity contribution in [3.05, 3.63) is 12.2 Å². The predicted octanol–water partition coefficient (Wildman–Crippen LogP) is 6.04. The minimum atomic E-state index is -0.522. The topological polar surface area (TPSA) is 44.8 Å². The molecule has 4 heteroatoms. The van der Waals surface area contributed by atoms with Crippen LogP contribution in [0.4, 0.5) is 0 Å². The molecule has 1 atom stereocenters. The largest absolute Gasteiger partial charge is 0.463 e. The number of allylic oxidation sites excluding steroid dienone is 1. The molecule has 0 N–H and O–H groups in total. The summed E-state index contributed by atoms with van der Waals surface area (Å²) in [6.07, 6.45) is 15.7. The van der Waals surface area contributed by atoms with Crippen molar-refractivity contribution in [2.24, 2.45) is 5.92 Å². The summed E-state index contributed by atoms with van der Waals surface area (Å²) in [5.41, 5.74) is 0. The molecule has 0 aliphatic carbocycles. The third-order valence-corrected chi connectivity index (χ3v) is 5.06. The number of ether oxygens (including phenoxy) is 3. The van der Waals surface area contributed by atoms with Gasteiger partial charge in [0.2, 0.25) is 0 Å². The Morgan fingerprint density at radius 3 is 2.12 bits per heavy atom. The van der Waals surface area contributed by atoms with Crippen molar-refractivity contribution in [2.75, 3.05) is 20.8 Å². The molecule has 0 fully saturated rings.